The molecule has 0 aliphatic heterocycles. The van der Waals surface area contributed by atoms with Crippen LogP contribution in [0.15, 0.2) is 6.07 Å². The lowest BCUT2D eigenvalue weighted by Crippen LogP contribution is -2.09. The predicted molar refractivity (Wildman–Crippen MR) is 75.1 cm³/mol. The van der Waals surface area contributed by atoms with Crippen molar-refractivity contribution in [1.82, 2.24) is 9.97 Å². The highest BCUT2D eigenvalue weighted by Gasteiger charge is 1.99. The van der Waals surface area contributed by atoms with E-state index in [-0.39, 0.29) is 0 Å². The number of hydrogen-bond donors (Lipinski definition) is 2. The van der Waals surface area contributed by atoms with Gasteiger partial charge in [0.15, 0.2) is 0 Å². The summed E-state index contributed by atoms with van der Waals surface area (Å²) in [5, 5.41) is 6.30. The van der Waals surface area contributed by atoms with Crippen LogP contribution in [0.3, 0.4) is 0 Å². The number of nitrogens with zero attached hydrogens (tertiary/aromatic N) is 2. The topological polar surface area (TPSA) is 59.1 Å². The second-order valence-electron chi connectivity index (χ2n) is 4.18. The van der Waals surface area contributed by atoms with E-state index in [1.165, 1.54) is 6.42 Å². The standard InChI is InChI=1S/C13H24N4O/c1-4-5-8-18-9-6-7-15-13-10-12(14-3)16-11(2)17-13/h10H,4-9H2,1-3H3,(H2,14,15,16,17). The molecular weight excluding hydrogens is 228 g/mol. The highest BCUT2D eigenvalue weighted by molar-refractivity contribution is 5.46. The molecule has 102 valence electrons. The van der Waals surface area contributed by atoms with E-state index in [0.717, 1.165) is 50.1 Å². The van der Waals surface area contributed by atoms with Crippen LogP contribution < -0.4 is 10.6 Å². The first-order valence-corrected chi connectivity index (χ1v) is 6.61. The molecule has 1 aromatic rings. The Hall–Kier alpha value is -1.36. The SMILES string of the molecule is CCCCOCCCNc1cc(NC)nc(C)n1. The Morgan fingerprint density at radius 2 is 1.89 bits per heavy atom. The molecule has 0 saturated carbocycles. The number of rotatable bonds is 9. The van der Waals surface area contributed by atoms with Gasteiger partial charge in [-0.15, -0.1) is 0 Å². The average Bonchev–Trinajstić information content (AvgIpc) is 2.37. The molecule has 0 aliphatic carbocycles. The molecule has 0 amide bonds. The number of ether oxygens (including phenoxy) is 1. The lowest BCUT2D eigenvalue weighted by atomic mass is 10.3. The van der Waals surface area contributed by atoms with Gasteiger partial charge in [0.2, 0.25) is 0 Å². The van der Waals surface area contributed by atoms with Gasteiger partial charge in [-0.25, -0.2) is 9.97 Å². The van der Waals surface area contributed by atoms with Gasteiger partial charge < -0.3 is 15.4 Å². The first kappa shape index (κ1) is 14.7. The molecule has 1 heterocycles. The van der Waals surface area contributed by atoms with Crippen LogP contribution in [0.25, 0.3) is 0 Å². The van der Waals surface area contributed by atoms with Crippen LogP contribution in [0.2, 0.25) is 0 Å². The molecule has 0 spiro atoms. The molecule has 0 saturated heterocycles. The van der Waals surface area contributed by atoms with Crippen molar-refractivity contribution in [3.8, 4) is 0 Å². The second-order valence-corrected chi connectivity index (χ2v) is 4.18. The van der Waals surface area contributed by atoms with Gasteiger partial charge >= 0.3 is 0 Å². The Balaban J connectivity index is 2.20. The zero-order valence-electron chi connectivity index (χ0n) is 11.6. The Morgan fingerprint density at radius 3 is 2.61 bits per heavy atom. The molecule has 0 fully saturated rings. The maximum Gasteiger partial charge on any atom is 0.131 e. The highest BCUT2D eigenvalue weighted by Crippen LogP contribution is 2.10. The molecular formula is C13H24N4O. The van der Waals surface area contributed by atoms with Gasteiger partial charge in [0, 0.05) is 32.9 Å². The number of nitrogens with one attached hydrogen (secondary N) is 2. The highest BCUT2D eigenvalue weighted by atomic mass is 16.5. The summed E-state index contributed by atoms with van der Waals surface area (Å²) in [6.45, 7) is 6.59. The first-order chi connectivity index (χ1) is 8.76. The minimum Gasteiger partial charge on any atom is -0.381 e. The van der Waals surface area contributed by atoms with E-state index >= 15 is 0 Å². The third kappa shape index (κ3) is 5.82. The molecule has 5 nitrogen and oxygen atoms in total. The zero-order valence-corrected chi connectivity index (χ0v) is 11.6. The molecule has 0 aromatic carbocycles. The summed E-state index contributed by atoms with van der Waals surface area (Å²) in [7, 11) is 1.85. The third-order valence-electron chi connectivity index (χ3n) is 2.51. The summed E-state index contributed by atoms with van der Waals surface area (Å²) in [5.41, 5.74) is 0. The second kappa shape index (κ2) is 8.69. The van der Waals surface area contributed by atoms with Crippen LogP contribution in [0, 0.1) is 6.92 Å². The van der Waals surface area contributed by atoms with Crippen molar-refractivity contribution in [3.05, 3.63) is 11.9 Å². The predicted octanol–water partition coefficient (Wildman–Crippen LogP) is 2.45. The first-order valence-electron chi connectivity index (χ1n) is 6.61. The van der Waals surface area contributed by atoms with Crippen molar-refractivity contribution in [2.24, 2.45) is 0 Å². The molecule has 0 aliphatic rings. The summed E-state index contributed by atoms with van der Waals surface area (Å²) in [4.78, 5) is 8.57. The van der Waals surface area contributed by atoms with E-state index in [9.17, 15) is 0 Å². The number of anilines is 2. The molecule has 5 heteroatoms. The van der Waals surface area contributed by atoms with Crippen molar-refractivity contribution in [3.63, 3.8) is 0 Å². The van der Waals surface area contributed by atoms with Crippen LogP contribution in [0.1, 0.15) is 32.0 Å². The monoisotopic (exact) mass is 252 g/mol. The molecule has 0 bridgehead atoms. The summed E-state index contributed by atoms with van der Waals surface area (Å²) < 4.78 is 5.50. The Kier molecular flexibility index (Phi) is 7.10. The van der Waals surface area contributed by atoms with E-state index in [0.29, 0.717) is 0 Å². The lowest BCUT2D eigenvalue weighted by molar-refractivity contribution is 0.131. The van der Waals surface area contributed by atoms with Crippen molar-refractivity contribution in [2.45, 2.75) is 33.1 Å². The number of unbranched alkanes of at least 4 members (excludes halogenated alkanes) is 1. The molecule has 0 atom stereocenters. The van der Waals surface area contributed by atoms with Crippen LogP contribution in [0.4, 0.5) is 11.6 Å². The molecule has 0 radical (unpaired) electrons. The number of hydrogen-bond acceptors (Lipinski definition) is 5. The Morgan fingerprint density at radius 1 is 1.17 bits per heavy atom. The fraction of sp³-hybridized carbons (Fsp3) is 0.692. The van der Waals surface area contributed by atoms with E-state index < -0.39 is 0 Å². The van der Waals surface area contributed by atoms with E-state index in [1.54, 1.807) is 0 Å². The quantitative estimate of drug-likeness (QED) is 0.661. The van der Waals surface area contributed by atoms with Crippen molar-refractivity contribution >= 4 is 11.6 Å². The third-order valence-corrected chi connectivity index (χ3v) is 2.51. The molecule has 18 heavy (non-hydrogen) atoms. The Bertz CT molecular complexity index is 344. The van der Waals surface area contributed by atoms with Crippen molar-refractivity contribution in [1.29, 1.82) is 0 Å². The minimum atomic E-state index is 0.767. The smallest absolute Gasteiger partial charge is 0.131 e. The van der Waals surface area contributed by atoms with Crippen LogP contribution >= 0.6 is 0 Å². The maximum absolute atomic E-state index is 5.50. The zero-order chi connectivity index (χ0) is 13.2. The summed E-state index contributed by atoms with van der Waals surface area (Å²) >= 11 is 0. The van der Waals surface area contributed by atoms with E-state index in [1.807, 2.05) is 20.0 Å². The number of aromatic nitrogens is 2. The number of aryl methyl sites for hydroxylation is 1. The fourth-order valence-corrected chi connectivity index (χ4v) is 1.53. The molecule has 1 rings (SSSR count). The largest absolute Gasteiger partial charge is 0.381 e. The van der Waals surface area contributed by atoms with E-state index in [2.05, 4.69) is 27.5 Å². The Labute approximate surface area is 109 Å². The maximum atomic E-state index is 5.50. The molecule has 1 aromatic heterocycles. The molecule has 2 N–H and O–H groups in total. The van der Waals surface area contributed by atoms with E-state index in [4.69, 9.17) is 4.74 Å². The summed E-state index contributed by atoms with van der Waals surface area (Å²) in [6, 6.07) is 1.91. The minimum absolute atomic E-state index is 0.767. The normalized spacial score (nSPS) is 10.4. The van der Waals surface area contributed by atoms with Crippen molar-refractivity contribution < 1.29 is 4.74 Å². The van der Waals surface area contributed by atoms with Gasteiger partial charge in [-0.05, 0) is 19.8 Å². The van der Waals surface area contributed by atoms with Crippen LogP contribution in [-0.4, -0.2) is 36.8 Å². The van der Waals surface area contributed by atoms with Gasteiger partial charge in [-0.1, -0.05) is 13.3 Å². The van der Waals surface area contributed by atoms with Gasteiger partial charge in [-0.2, -0.15) is 0 Å². The van der Waals surface area contributed by atoms with Gasteiger partial charge in [-0.3, -0.25) is 0 Å². The molecule has 0 unspecified atom stereocenters. The van der Waals surface area contributed by atoms with Crippen LogP contribution in [-0.2, 0) is 4.74 Å². The van der Waals surface area contributed by atoms with Crippen LogP contribution in [0.5, 0.6) is 0 Å². The summed E-state index contributed by atoms with van der Waals surface area (Å²) in [5.74, 6) is 2.47. The summed E-state index contributed by atoms with van der Waals surface area (Å²) in [6.07, 6.45) is 3.32. The van der Waals surface area contributed by atoms with Crippen molar-refractivity contribution in [2.75, 3.05) is 37.4 Å². The van der Waals surface area contributed by atoms with Gasteiger partial charge in [0.25, 0.3) is 0 Å². The van der Waals surface area contributed by atoms with Gasteiger partial charge in [0.1, 0.15) is 17.5 Å². The average molecular weight is 252 g/mol. The van der Waals surface area contributed by atoms with Gasteiger partial charge in [0.05, 0.1) is 0 Å². The lowest BCUT2D eigenvalue weighted by Gasteiger charge is -2.08. The fourth-order valence-electron chi connectivity index (χ4n) is 1.53.